The molecular weight excluding hydrogens is 419 g/mol. The number of aliphatic hydroxyl groups excluding tert-OH is 7. The molecule has 0 radical (unpaired) electrons. The number of rotatable bonds is 9. The summed E-state index contributed by atoms with van der Waals surface area (Å²) in [5.41, 5.74) is 0. The van der Waals surface area contributed by atoms with E-state index in [2.05, 4.69) is 4.18 Å². The predicted molar refractivity (Wildman–Crippen MR) is 77.9 cm³/mol. The second kappa shape index (κ2) is 9.16. The molecule has 1 saturated heterocycles. The fourth-order valence-electron chi connectivity index (χ4n) is 2.42. The predicted octanol–water partition coefficient (Wildman–Crippen LogP) is -4.50. The van der Waals surface area contributed by atoms with Crippen molar-refractivity contribution in [3.8, 4) is 0 Å². The average Bonchev–Trinajstić information content (AvgIpc) is 2.76. The van der Waals surface area contributed by atoms with Crippen LogP contribution in [0.25, 0.3) is 0 Å². The van der Waals surface area contributed by atoms with Gasteiger partial charge in [-0.05, 0) is 0 Å². The van der Waals surface area contributed by atoms with Crippen LogP contribution in [-0.4, -0.2) is 112 Å². The van der Waals surface area contributed by atoms with E-state index in [1.165, 1.54) is 0 Å². The molecular formula is C11H22O11SSe. The maximum absolute atomic E-state index is 10.8. The van der Waals surface area contributed by atoms with Crippen LogP contribution in [0, 0.1) is 0 Å². The van der Waals surface area contributed by atoms with Gasteiger partial charge >= 0.3 is 142 Å². The molecule has 1 fully saturated rings. The van der Waals surface area contributed by atoms with E-state index in [1.807, 2.05) is 0 Å². The van der Waals surface area contributed by atoms with Gasteiger partial charge in [-0.25, -0.2) is 0 Å². The van der Waals surface area contributed by atoms with E-state index < -0.39 is 79.0 Å². The molecule has 1 unspecified atom stereocenters. The first kappa shape index (κ1) is 22.2. The third kappa shape index (κ3) is 5.83. The SMILES string of the molecule is O=S(=O)([O-])O[C@@H]([C@H](O)[C@H](O)CO)[C@H](O)C[Se+]1C[C@@H](O)[C@H](O)[C@H]1CO. The van der Waals surface area contributed by atoms with E-state index >= 15 is 0 Å². The van der Waals surface area contributed by atoms with E-state index in [4.69, 9.17) is 5.11 Å². The molecule has 1 rings (SSSR count). The molecule has 0 aliphatic carbocycles. The van der Waals surface area contributed by atoms with Gasteiger partial charge in [0.2, 0.25) is 0 Å². The third-order valence-corrected chi connectivity index (χ3v) is 10.1. The Balaban J connectivity index is 2.89. The Kier molecular flexibility index (Phi) is 8.46. The summed E-state index contributed by atoms with van der Waals surface area (Å²) in [6, 6.07) is 0. The molecule has 7 N–H and O–H groups in total. The summed E-state index contributed by atoms with van der Waals surface area (Å²) in [5, 5.41) is 66.7. The van der Waals surface area contributed by atoms with Gasteiger partial charge in [0.15, 0.2) is 0 Å². The van der Waals surface area contributed by atoms with Gasteiger partial charge in [-0.3, -0.25) is 0 Å². The van der Waals surface area contributed by atoms with Gasteiger partial charge in [-0.1, -0.05) is 0 Å². The van der Waals surface area contributed by atoms with Crippen molar-refractivity contribution in [2.24, 2.45) is 0 Å². The molecule has 11 nitrogen and oxygen atoms in total. The van der Waals surface area contributed by atoms with Gasteiger partial charge in [0.25, 0.3) is 0 Å². The molecule has 1 heterocycles. The molecule has 24 heavy (non-hydrogen) atoms. The topological polar surface area (TPSA) is 208 Å². The molecule has 0 amide bonds. The van der Waals surface area contributed by atoms with Crippen LogP contribution in [-0.2, 0) is 14.6 Å². The van der Waals surface area contributed by atoms with E-state index in [1.54, 1.807) is 0 Å². The molecule has 0 bridgehead atoms. The van der Waals surface area contributed by atoms with Crippen molar-refractivity contribution in [1.29, 1.82) is 0 Å². The zero-order chi connectivity index (χ0) is 18.7. The minimum atomic E-state index is -5.33. The quantitative estimate of drug-likeness (QED) is 0.103. The molecule has 1 aliphatic heterocycles. The van der Waals surface area contributed by atoms with Gasteiger partial charge < -0.3 is 0 Å². The molecule has 8 atom stereocenters. The van der Waals surface area contributed by atoms with Gasteiger partial charge in [0.1, 0.15) is 0 Å². The second-order valence-electron chi connectivity index (χ2n) is 5.43. The van der Waals surface area contributed by atoms with E-state index in [0.29, 0.717) is 0 Å². The summed E-state index contributed by atoms with van der Waals surface area (Å²) in [7, 11) is -5.33. The number of aliphatic hydroxyl groups is 7. The first-order valence-electron chi connectivity index (χ1n) is 6.94. The third-order valence-electron chi connectivity index (χ3n) is 3.68. The van der Waals surface area contributed by atoms with Crippen LogP contribution in [0.15, 0.2) is 0 Å². The summed E-state index contributed by atoms with van der Waals surface area (Å²) in [4.78, 5) is -0.681. The van der Waals surface area contributed by atoms with Crippen molar-refractivity contribution < 1.29 is 52.9 Å². The zero-order valence-electron chi connectivity index (χ0n) is 12.4. The van der Waals surface area contributed by atoms with Crippen LogP contribution >= 0.6 is 0 Å². The Hall–Kier alpha value is 0.109. The Morgan fingerprint density at radius 1 is 1.17 bits per heavy atom. The van der Waals surface area contributed by atoms with Crippen molar-refractivity contribution in [2.45, 2.75) is 52.1 Å². The first-order chi connectivity index (χ1) is 11.0. The summed E-state index contributed by atoms with van der Waals surface area (Å²) < 4.78 is 36.4. The molecule has 0 saturated carbocycles. The van der Waals surface area contributed by atoms with Gasteiger partial charge in [0.05, 0.1) is 0 Å². The van der Waals surface area contributed by atoms with Gasteiger partial charge in [-0.15, -0.1) is 0 Å². The summed E-state index contributed by atoms with van der Waals surface area (Å²) >= 11 is -2.05. The van der Waals surface area contributed by atoms with Crippen LogP contribution in [0.5, 0.6) is 0 Å². The monoisotopic (exact) mass is 442 g/mol. The van der Waals surface area contributed by atoms with E-state index in [-0.39, 0.29) is 10.6 Å². The summed E-state index contributed by atoms with van der Waals surface area (Å²) in [5.74, 6) is 0. The first-order valence-corrected chi connectivity index (χ1v) is 11.7. The zero-order valence-corrected chi connectivity index (χ0v) is 15.0. The van der Waals surface area contributed by atoms with Crippen LogP contribution in [0.2, 0.25) is 15.5 Å². The van der Waals surface area contributed by atoms with Gasteiger partial charge in [0, 0.05) is 0 Å². The minimum absolute atomic E-state index is 0.110. The van der Waals surface area contributed by atoms with Crippen LogP contribution < -0.4 is 0 Å². The van der Waals surface area contributed by atoms with Crippen molar-refractivity contribution in [2.75, 3.05) is 13.2 Å². The van der Waals surface area contributed by atoms with Crippen LogP contribution in [0.3, 0.4) is 0 Å². The fraction of sp³-hybridized carbons (Fsp3) is 1.00. The standard InChI is InChI=1S/C11H22O11SSe/c12-1-5(14)10(18)11(22-23(19,20)21)7(16)4-24-3-6(15)9(17)8(24)2-13/h5-18H,1-4H2/t5-,6-,7-,8-,9+,10-,11-,24?/m1/s1. The van der Waals surface area contributed by atoms with Crippen molar-refractivity contribution in [3.05, 3.63) is 0 Å². The maximum atomic E-state index is 10.8. The fourth-order valence-corrected chi connectivity index (χ4v) is 8.56. The average molecular weight is 441 g/mol. The molecule has 1 aliphatic rings. The van der Waals surface area contributed by atoms with Crippen LogP contribution in [0.1, 0.15) is 0 Å². The molecule has 0 aromatic heterocycles. The Bertz CT molecular complexity index is 488. The van der Waals surface area contributed by atoms with Crippen LogP contribution in [0.4, 0.5) is 0 Å². The molecule has 0 aromatic rings. The van der Waals surface area contributed by atoms with Crippen molar-refractivity contribution in [3.63, 3.8) is 0 Å². The number of hydrogen-bond acceptors (Lipinski definition) is 11. The Labute approximate surface area is 143 Å². The molecule has 0 spiro atoms. The number of hydrogen-bond donors (Lipinski definition) is 7. The summed E-state index contributed by atoms with van der Waals surface area (Å²) in [6.45, 7) is -1.42. The molecule has 0 aromatic carbocycles. The van der Waals surface area contributed by atoms with Crippen molar-refractivity contribution in [1.82, 2.24) is 0 Å². The van der Waals surface area contributed by atoms with Crippen molar-refractivity contribution >= 4 is 24.3 Å². The second-order valence-corrected chi connectivity index (χ2v) is 11.4. The Morgan fingerprint density at radius 2 is 1.75 bits per heavy atom. The molecule has 144 valence electrons. The van der Waals surface area contributed by atoms with E-state index in [9.17, 15) is 43.6 Å². The normalized spacial score (nSPS) is 33.2. The molecule has 13 heteroatoms. The Morgan fingerprint density at radius 3 is 2.21 bits per heavy atom. The van der Waals surface area contributed by atoms with E-state index in [0.717, 1.165) is 0 Å². The van der Waals surface area contributed by atoms with Gasteiger partial charge in [-0.2, -0.15) is 0 Å². The summed E-state index contributed by atoms with van der Waals surface area (Å²) in [6.07, 6.45) is -9.99.